The van der Waals surface area contributed by atoms with E-state index in [1.165, 1.54) is 4.90 Å². The molecule has 4 aliphatic rings. The number of ether oxygens (including phenoxy) is 1. The van der Waals surface area contributed by atoms with E-state index in [4.69, 9.17) is 9.15 Å². The lowest BCUT2D eigenvalue weighted by atomic mass is 10.0. The Labute approximate surface area is 274 Å². The van der Waals surface area contributed by atoms with Crippen molar-refractivity contribution in [2.75, 3.05) is 11.9 Å². The summed E-state index contributed by atoms with van der Waals surface area (Å²) in [5.74, 6) is -1.62. The molecule has 2 saturated carbocycles. The fourth-order valence-corrected chi connectivity index (χ4v) is 8.40. The van der Waals surface area contributed by atoms with Crippen LogP contribution in [-0.2, 0) is 24.4 Å². The molecule has 0 bridgehead atoms. The average molecular weight is 664 g/mol. The molecule has 0 unspecified atom stereocenters. The van der Waals surface area contributed by atoms with Gasteiger partial charge < -0.3 is 24.7 Å². The van der Waals surface area contributed by atoms with Gasteiger partial charge in [-0.15, -0.1) is 0 Å². The summed E-state index contributed by atoms with van der Waals surface area (Å²) in [7, 11) is -3.81. The lowest BCUT2D eigenvalue weighted by Crippen LogP contribution is -2.57. The molecule has 3 N–H and O–H groups in total. The van der Waals surface area contributed by atoms with Gasteiger partial charge in [0.25, 0.3) is 5.91 Å². The third kappa shape index (κ3) is 6.81. The molecule has 2 saturated heterocycles. The Morgan fingerprint density at radius 3 is 2.45 bits per heavy atom. The SMILES string of the molecule is O=C1N[C@]2(C(=O)NS(=O)(=O)C3CC3)C[C@H]2CCCCCCC[C@H](Nc2ccccc2)C(=O)N2C[C@H](Oc3nc4ccccc4o3)C[C@@H]12. The Bertz CT molecular complexity index is 1710. The van der Waals surface area contributed by atoms with Crippen molar-refractivity contribution in [1.29, 1.82) is 0 Å². The maximum Gasteiger partial charge on any atom is 0.394 e. The number of hydrogen-bond donors (Lipinski definition) is 3. The lowest BCUT2D eigenvalue weighted by molar-refractivity contribution is -0.140. The Morgan fingerprint density at radius 1 is 0.957 bits per heavy atom. The molecule has 0 radical (unpaired) electrons. The second-order valence-electron chi connectivity index (χ2n) is 13.4. The summed E-state index contributed by atoms with van der Waals surface area (Å²) >= 11 is 0. The molecule has 13 heteroatoms. The van der Waals surface area contributed by atoms with E-state index in [1.54, 1.807) is 12.1 Å². The number of sulfonamides is 1. The molecule has 0 spiro atoms. The summed E-state index contributed by atoms with van der Waals surface area (Å²) in [5.41, 5.74) is 0.654. The summed E-state index contributed by atoms with van der Waals surface area (Å²) in [5, 5.41) is 5.78. The molecule has 2 aliphatic carbocycles. The summed E-state index contributed by atoms with van der Waals surface area (Å²) in [6, 6.07) is 15.2. The van der Waals surface area contributed by atoms with Crippen LogP contribution in [0.3, 0.4) is 0 Å². The first-order valence-corrected chi connectivity index (χ1v) is 18.3. The van der Waals surface area contributed by atoms with Crippen LogP contribution >= 0.6 is 0 Å². The Balaban J connectivity index is 1.17. The van der Waals surface area contributed by atoms with E-state index < -0.39 is 50.8 Å². The normalized spacial score (nSPS) is 28.7. The van der Waals surface area contributed by atoms with Gasteiger partial charge >= 0.3 is 6.08 Å². The van der Waals surface area contributed by atoms with Gasteiger partial charge in [-0.05, 0) is 62.3 Å². The van der Waals surface area contributed by atoms with E-state index in [1.807, 2.05) is 42.5 Å². The van der Waals surface area contributed by atoms with Gasteiger partial charge in [-0.2, -0.15) is 4.98 Å². The van der Waals surface area contributed by atoms with Gasteiger partial charge in [0.15, 0.2) is 5.58 Å². The van der Waals surface area contributed by atoms with Crippen molar-refractivity contribution in [3.63, 3.8) is 0 Å². The second kappa shape index (κ2) is 12.8. The maximum absolute atomic E-state index is 14.4. The van der Waals surface area contributed by atoms with Crippen molar-refractivity contribution in [3.8, 4) is 6.08 Å². The van der Waals surface area contributed by atoms with Crippen LogP contribution in [0, 0.1) is 5.92 Å². The van der Waals surface area contributed by atoms with E-state index in [9.17, 15) is 22.8 Å². The molecule has 2 aromatic carbocycles. The topological polar surface area (TPSA) is 160 Å². The average Bonchev–Trinajstić information content (AvgIpc) is 3.95. The number of anilines is 1. The van der Waals surface area contributed by atoms with Crippen LogP contribution in [0.25, 0.3) is 11.1 Å². The molecule has 250 valence electrons. The van der Waals surface area contributed by atoms with Gasteiger partial charge in [0.1, 0.15) is 29.2 Å². The number of aromatic nitrogens is 1. The zero-order valence-corrected chi connectivity index (χ0v) is 27.0. The predicted octanol–water partition coefficient (Wildman–Crippen LogP) is 3.88. The summed E-state index contributed by atoms with van der Waals surface area (Å²) < 4.78 is 39.7. The van der Waals surface area contributed by atoms with E-state index in [0.29, 0.717) is 43.2 Å². The number of hydrogen-bond acceptors (Lipinski definition) is 9. The van der Waals surface area contributed by atoms with E-state index >= 15 is 0 Å². The monoisotopic (exact) mass is 663 g/mol. The maximum atomic E-state index is 14.4. The highest BCUT2D eigenvalue weighted by Crippen LogP contribution is 2.48. The number of fused-ring (bicyclic) bond motifs is 3. The van der Waals surface area contributed by atoms with Gasteiger partial charge in [-0.1, -0.05) is 62.4 Å². The van der Waals surface area contributed by atoms with Crippen molar-refractivity contribution < 1.29 is 32.0 Å². The molecule has 4 fully saturated rings. The Hall–Kier alpha value is -4.13. The number of nitrogens with one attached hydrogen (secondary N) is 3. The minimum atomic E-state index is -3.81. The zero-order chi connectivity index (χ0) is 32.6. The standard InChI is InChI=1S/C34H41N5O7S/c40-30-28-19-24(45-33-36-26-14-9-10-16-29(26)46-33)21-39(28)31(41)27(35-23-12-6-4-7-13-23)15-8-3-1-2-5-11-22-20-34(22,37-30)32(42)38-47(43,44)25-17-18-25/h4,6-7,9-10,12-14,16,22,24-25,27-28,35H,1-3,5,8,11,15,17-21H2,(H,37,40)(H,38,42)/t22-,24-,27+,28+,34-/m1/s1. The highest BCUT2D eigenvalue weighted by molar-refractivity contribution is 7.91. The second-order valence-corrected chi connectivity index (χ2v) is 15.3. The van der Waals surface area contributed by atoms with Gasteiger partial charge in [-0.25, -0.2) is 8.42 Å². The molecule has 2 aliphatic heterocycles. The van der Waals surface area contributed by atoms with Crippen molar-refractivity contribution >= 4 is 44.5 Å². The number of carbonyl (C=O) groups is 3. The number of para-hydroxylation sites is 3. The Morgan fingerprint density at radius 2 is 1.68 bits per heavy atom. The summed E-state index contributed by atoms with van der Waals surface area (Å²) in [6.07, 6.45) is 6.85. The first kappa shape index (κ1) is 31.5. The number of rotatable bonds is 7. The first-order valence-electron chi connectivity index (χ1n) is 16.7. The molecule has 7 rings (SSSR count). The van der Waals surface area contributed by atoms with Crippen LogP contribution in [-0.4, -0.2) is 71.5 Å². The molecule has 12 nitrogen and oxygen atoms in total. The van der Waals surface area contributed by atoms with Crippen molar-refractivity contribution in [2.45, 2.75) is 99.6 Å². The zero-order valence-electron chi connectivity index (χ0n) is 26.2. The molecule has 47 heavy (non-hydrogen) atoms. The third-order valence-electron chi connectivity index (χ3n) is 9.90. The highest BCUT2D eigenvalue weighted by atomic mass is 32.2. The summed E-state index contributed by atoms with van der Waals surface area (Å²) in [6.45, 7) is 0.112. The number of amides is 3. The smallest absolute Gasteiger partial charge is 0.394 e. The quantitative estimate of drug-likeness (QED) is 0.341. The van der Waals surface area contributed by atoms with Crippen LogP contribution in [0.5, 0.6) is 6.08 Å². The van der Waals surface area contributed by atoms with Crippen molar-refractivity contribution in [1.82, 2.24) is 19.9 Å². The third-order valence-corrected chi connectivity index (χ3v) is 11.7. The molecule has 1 aromatic heterocycles. The number of oxazole rings is 1. The number of benzene rings is 2. The largest absolute Gasteiger partial charge is 0.445 e. The van der Waals surface area contributed by atoms with Gasteiger partial charge in [0, 0.05) is 12.1 Å². The van der Waals surface area contributed by atoms with Crippen LogP contribution in [0.2, 0.25) is 0 Å². The van der Waals surface area contributed by atoms with Gasteiger partial charge in [0.05, 0.1) is 11.8 Å². The van der Waals surface area contributed by atoms with Crippen molar-refractivity contribution in [3.05, 3.63) is 54.6 Å². The molecule has 3 aromatic rings. The van der Waals surface area contributed by atoms with E-state index in [-0.39, 0.29) is 30.9 Å². The molecular weight excluding hydrogens is 622 g/mol. The predicted molar refractivity (Wildman–Crippen MR) is 174 cm³/mol. The summed E-state index contributed by atoms with van der Waals surface area (Å²) in [4.78, 5) is 48.1. The van der Waals surface area contributed by atoms with Crippen LogP contribution in [0.15, 0.2) is 59.0 Å². The fraction of sp³-hybridized carbons (Fsp3) is 0.529. The number of carbonyl (C=O) groups excluding carboxylic acids is 3. The van der Waals surface area contributed by atoms with Crippen LogP contribution in [0.1, 0.15) is 70.6 Å². The van der Waals surface area contributed by atoms with Crippen LogP contribution in [0.4, 0.5) is 5.69 Å². The molecular formula is C34H41N5O7S. The number of nitrogens with zero attached hydrogens (tertiary/aromatic N) is 2. The fourth-order valence-electron chi connectivity index (χ4n) is 7.03. The molecule has 3 heterocycles. The van der Waals surface area contributed by atoms with E-state index in [2.05, 4.69) is 20.3 Å². The van der Waals surface area contributed by atoms with E-state index in [0.717, 1.165) is 37.8 Å². The molecule has 5 atom stereocenters. The minimum Gasteiger partial charge on any atom is -0.445 e. The lowest BCUT2D eigenvalue weighted by Gasteiger charge is -2.30. The van der Waals surface area contributed by atoms with Crippen molar-refractivity contribution in [2.24, 2.45) is 5.92 Å². The van der Waals surface area contributed by atoms with Gasteiger partial charge in [-0.3, -0.25) is 19.1 Å². The Kier molecular flexibility index (Phi) is 8.58. The van der Waals surface area contributed by atoms with Gasteiger partial charge in [0.2, 0.25) is 21.8 Å². The highest BCUT2D eigenvalue weighted by Gasteiger charge is 2.62. The van der Waals surface area contributed by atoms with Crippen LogP contribution < -0.4 is 20.1 Å². The molecule has 3 amide bonds. The minimum absolute atomic E-state index is 0.0501. The first-order chi connectivity index (χ1) is 22.7.